The van der Waals surface area contributed by atoms with Crippen LogP contribution in [-0.4, -0.2) is 27.4 Å². The Kier molecular flexibility index (Phi) is 4.40. The van der Waals surface area contributed by atoms with Crippen LogP contribution in [0.25, 0.3) is 0 Å². The third-order valence-electron chi connectivity index (χ3n) is 1.65. The molecule has 0 aliphatic rings. The summed E-state index contributed by atoms with van der Waals surface area (Å²) in [5, 5.41) is 10.2. The average molecular weight is 194 g/mol. The lowest BCUT2D eigenvalue weighted by Gasteiger charge is -2.01. The lowest BCUT2D eigenvalue weighted by atomic mass is 10.4. The van der Waals surface area contributed by atoms with E-state index in [4.69, 9.17) is 0 Å². The van der Waals surface area contributed by atoms with Gasteiger partial charge in [0.05, 0.1) is 6.20 Å². The fourth-order valence-corrected chi connectivity index (χ4v) is 1.01. The van der Waals surface area contributed by atoms with E-state index in [1.54, 1.807) is 23.2 Å². The van der Waals surface area contributed by atoms with E-state index < -0.39 is 0 Å². The molecule has 0 saturated carbocycles. The first-order chi connectivity index (χ1) is 6.83. The van der Waals surface area contributed by atoms with Crippen molar-refractivity contribution in [3.8, 4) is 0 Å². The highest BCUT2D eigenvalue weighted by molar-refractivity contribution is 5.87. The highest BCUT2D eigenvalue weighted by Crippen LogP contribution is 1.85. The summed E-state index contributed by atoms with van der Waals surface area (Å²) in [6, 6.07) is 0. The van der Waals surface area contributed by atoms with Crippen LogP contribution < -0.4 is 5.32 Å². The molecule has 1 rings (SSSR count). The van der Waals surface area contributed by atoms with E-state index >= 15 is 0 Å². The number of amides is 1. The molecule has 0 aromatic carbocycles. The Balaban J connectivity index is 2.08. The molecule has 76 valence electrons. The summed E-state index contributed by atoms with van der Waals surface area (Å²) >= 11 is 0. The number of aryl methyl sites for hydroxylation is 1. The quantitative estimate of drug-likeness (QED) is 0.544. The van der Waals surface area contributed by atoms with Gasteiger partial charge in [-0.1, -0.05) is 11.3 Å². The highest BCUT2D eigenvalue weighted by atomic mass is 16.1. The number of nitrogens with zero attached hydrogens (tertiary/aromatic N) is 3. The molecule has 5 heteroatoms. The van der Waals surface area contributed by atoms with Gasteiger partial charge in [-0.25, -0.2) is 0 Å². The minimum absolute atomic E-state index is 0.0499. The van der Waals surface area contributed by atoms with E-state index in [9.17, 15) is 4.79 Å². The number of hydrogen-bond donors (Lipinski definition) is 1. The van der Waals surface area contributed by atoms with Crippen LogP contribution in [0, 0.1) is 0 Å². The minimum Gasteiger partial charge on any atom is -0.352 e. The molecule has 0 atom stereocenters. The molecule has 0 unspecified atom stereocenters. The summed E-state index contributed by atoms with van der Waals surface area (Å²) in [5.41, 5.74) is 0. The zero-order valence-electron chi connectivity index (χ0n) is 8.18. The van der Waals surface area contributed by atoms with Crippen LogP contribution in [0.15, 0.2) is 24.5 Å². The topological polar surface area (TPSA) is 59.8 Å². The van der Waals surface area contributed by atoms with Gasteiger partial charge in [0, 0.05) is 19.3 Å². The highest BCUT2D eigenvalue weighted by Gasteiger charge is 1.94. The van der Waals surface area contributed by atoms with Gasteiger partial charge in [-0.15, -0.1) is 5.10 Å². The molecule has 1 amide bonds. The third-order valence-corrected chi connectivity index (χ3v) is 1.65. The number of carbonyl (C=O) groups excluding carboxylic acids is 1. The van der Waals surface area contributed by atoms with Gasteiger partial charge in [-0.05, 0) is 19.4 Å². The first-order valence-corrected chi connectivity index (χ1v) is 4.57. The molecular formula is C9H14N4O. The first kappa shape index (κ1) is 10.4. The monoisotopic (exact) mass is 194 g/mol. The van der Waals surface area contributed by atoms with Crippen LogP contribution in [0.2, 0.25) is 0 Å². The van der Waals surface area contributed by atoms with Crippen LogP contribution in [0.3, 0.4) is 0 Å². The van der Waals surface area contributed by atoms with Crippen molar-refractivity contribution in [2.45, 2.75) is 19.9 Å². The Morgan fingerprint density at radius 2 is 2.50 bits per heavy atom. The van der Waals surface area contributed by atoms with E-state index in [0.717, 1.165) is 13.0 Å². The molecule has 1 aromatic heterocycles. The second-order valence-corrected chi connectivity index (χ2v) is 2.81. The predicted octanol–water partition coefficient (Wildman–Crippen LogP) is 0.360. The number of aromatic nitrogens is 3. The largest absolute Gasteiger partial charge is 0.352 e. The Morgan fingerprint density at radius 3 is 3.14 bits per heavy atom. The number of allylic oxidation sites excluding steroid dienone is 1. The third kappa shape index (κ3) is 3.84. The Hall–Kier alpha value is -1.65. The smallest absolute Gasteiger partial charge is 0.243 e. The van der Waals surface area contributed by atoms with E-state index in [1.807, 2.05) is 6.92 Å². The molecule has 1 heterocycles. The standard InChI is InChI=1S/C9H14N4O/c1-2-4-9(14)10-5-3-7-13-8-6-11-12-13/h2,4,6,8H,3,5,7H2,1H3,(H,10,14)/b4-2+. The molecule has 0 spiro atoms. The van der Waals surface area contributed by atoms with E-state index in [-0.39, 0.29) is 5.91 Å². The molecule has 14 heavy (non-hydrogen) atoms. The van der Waals surface area contributed by atoms with Gasteiger partial charge in [0.25, 0.3) is 0 Å². The maximum absolute atomic E-state index is 11.0. The Bertz CT molecular complexity index is 292. The molecular weight excluding hydrogens is 180 g/mol. The van der Waals surface area contributed by atoms with Crippen LogP contribution in [0.5, 0.6) is 0 Å². The fourth-order valence-electron chi connectivity index (χ4n) is 1.01. The molecule has 0 fully saturated rings. The van der Waals surface area contributed by atoms with Crippen molar-refractivity contribution < 1.29 is 4.79 Å². The summed E-state index contributed by atoms with van der Waals surface area (Å²) in [7, 11) is 0. The summed E-state index contributed by atoms with van der Waals surface area (Å²) in [6.45, 7) is 3.24. The van der Waals surface area contributed by atoms with Crippen molar-refractivity contribution in [2.24, 2.45) is 0 Å². The number of hydrogen-bond acceptors (Lipinski definition) is 3. The second kappa shape index (κ2) is 5.90. The Labute approximate surface area is 82.8 Å². The van der Waals surface area contributed by atoms with E-state index in [1.165, 1.54) is 6.08 Å². The molecule has 0 saturated heterocycles. The van der Waals surface area contributed by atoms with Crippen molar-refractivity contribution in [3.63, 3.8) is 0 Å². The summed E-state index contributed by atoms with van der Waals surface area (Å²) in [6.07, 6.45) is 7.51. The van der Waals surface area contributed by atoms with E-state index in [2.05, 4.69) is 15.6 Å². The molecule has 0 aliphatic heterocycles. The van der Waals surface area contributed by atoms with Crippen molar-refractivity contribution in [3.05, 3.63) is 24.5 Å². The van der Waals surface area contributed by atoms with Gasteiger partial charge in [0.1, 0.15) is 0 Å². The maximum Gasteiger partial charge on any atom is 0.243 e. The number of carbonyl (C=O) groups is 1. The zero-order valence-corrected chi connectivity index (χ0v) is 8.18. The molecule has 0 bridgehead atoms. The van der Waals surface area contributed by atoms with Crippen molar-refractivity contribution >= 4 is 5.91 Å². The van der Waals surface area contributed by atoms with Crippen LogP contribution in [0.4, 0.5) is 0 Å². The van der Waals surface area contributed by atoms with Gasteiger partial charge in [-0.3, -0.25) is 9.48 Å². The second-order valence-electron chi connectivity index (χ2n) is 2.81. The van der Waals surface area contributed by atoms with Crippen LogP contribution in [0.1, 0.15) is 13.3 Å². The first-order valence-electron chi connectivity index (χ1n) is 4.57. The van der Waals surface area contributed by atoms with Crippen LogP contribution >= 0.6 is 0 Å². The lowest BCUT2D eigenvalue weighted by molar-refractivity contribution is -0.116. The van der Waals surface area contributed by atoms with Crippen molar-refractivity contribution in [1.82, 2.24) is 20.3 Å². The molecule has 5 nitrogen and oxygen atoms in total. The molecule has 1 aromatic rings. The number of nitrogens with one attached hydrogen (secondary N) is 1. The maximum atomic E-state index is 11.0. The Morgan fingerprint density at radius 1 is 1.64 bits per heavy atom. The normalized spacial score (nSPS) is 10.6. The van der Waals surface area contributed by atoms with Crippen molar-refractivity contribution in [2.75, 3.05) is 6.54 Å². The summed E-state index contributed by atoms with van der Waals surface area (Å²) in [5.74, 6) is -0.0499. The molecule has 0 aliphatic carbocycles. The molecule has 1 N–H and O–H groups in total. The summed E-state index contributed by atoms with van der Waals surface area (Å²) < 4.78 is 1.74. The lowest BCUT2D eigenvalue weighted by Crippen LogP contribution is -2.23. The number of rotatable bonds is 5. The summed E-state index contributed by atoms with van der Waals surface area (Å²) in [4.78, 5) is 11.0. The fraction of sp³-hybridized carbons (Fsp3) is 0.444. The zero-order chi connectivity index (χ0) is 10.2. The molecule has 0 radical (unpaired) electrons. The van der Waals surface area contributed by atoms with Gasteiger partial charge in [-0.2, -0.15) is 0 Å². The minimum atomic E-state index is -0.0499. The van der Waals surface area contributed by atoms with Crippen LogP contribution in [-0.2, 0) is 11.3 Å². The van der Waals surface area contributed by atoms with Gasteiger partial charge < -0.3 is 5.32 Å². The SMILES string of the molecule is C/C=C/C(=O)NCCCn1ccnn1. The van der Waals surface area contributed by atoms with Gasteiger partial charge in [0.15, 0.2) is 0 Å². The average Bonchev–Trinajstić information content (AvgIpc) is 2.65. The van der Waals surface area contributed by atoms with Gasteiger partial charge >= 0.3 is 0 Å². The predicted molar refractivity (Wildman–Crippen MR) is 52.5 cm³/mol. The van der Waals surface area contributed by atoms with E-state index in [0.29, 0.717) is 6.54 Å². The van der Waals surface area contributed by atoms with Gasteiger partial charge in [0.2, 0.25) is 5.91 Å². The van der Waals surface area contributed by atoms with Crippen molar-refractivity contribution in [1.29, 1.82) is 0 Å².